The van der Waals surface area contributed by atoms with Crippen LogP contribution in [0.3, 0.4) is 0 Å². The highest BCUT2D eigenvalue weighted by atomic mass is 16.5. The fourth-order valence-electron chi connectivity index (χ4n) is 1.58. The summed E-state index contributed by atoms with van der Waals surface area (Å²) in [6, 6.07) is 2.00. The Morgan fingerprint density at radius 3 is 2.80 bits per heavy atom. The molecule has 0 aliphatic carbocycles. The third kappa shape index (κ3) is 3.68. The van der Waals surface area contributed by atoms with E-state index in [9.17, 15) is 0 Å². The summed E-state index contributed by atoms with van der Waals surface area (Å²) in [5, 5.41) is 0. The fraction of sp³-hybridized carbons (Fsp3) is 0.667. The molecule has 15 heavy (non-hydrogen) atoms. The smallest absolute Gasteiger partial charge is 0.130 e. The van der Waals surface area contributed by atoms with Crippen LogP contribution in [-0.4, -0.2) is 6.10 Å². The van der Waals surface area contributed by atoms with Gasteiger partial charge in [0.25, 0.3) is 0 Å². The Labute approximate surface area is 91.6 Å². The highest BCUT2D eigenvalue weighted by Gasteiger charge is 2.07. The molecule has 0 aromatic carbocycles. The lowest BCUT2D eigenvalue weighted by Gasteiger charge is -2.09. The SMILES string of the molecule is CCCC(C)OCc1cc(C)c(CN)o1. The Morgan fingerprint density at radius 2 is 2.27 bits per heavy atom. The summed E-state index contributed by atoms with van der Waals surface area (Å²) in [4.78, 5) is 0. The van der Waals surface area contributed by atoms with Crippen LogP contribution in [0.4, 0.5) is 0 Å². The second-order valence-electron chi connectivity index (χ2n) is 3.93. The first-order chi connectivity index (χ1) is 7.17. The van der Waals surface area contributed by atoms with E-state index in [4.69, 9.17) is 14.9 Å². The molecule has 0 radical (unpaired) electrons. The normalized spacial score (nSPS) is 13.1. The zero-order valence-electron chi connectivity index (χ0n) is 9.88. The van der Waals surface area contributed by atoms with Gasteiger partial charge in [0, 0.05) is 0 Å². The lowest BCUT2D eigenvalue weighted by molar-refractivity contribution is 0.0367. The standard InChI is InChI=1S/C12H21NO2/c1-4-5-10(3)14-8-11-6-9(2)12(7-13)15-11/h6,10H,4-5,7-8,13H2,1-3H3. The summed E-state index contributed by atoms with van der Waals surface area (Å²) in [6.07, 6.45) is 2.53. The highest BCUT2D eigenvalue weighted by Crippen LogP contribution is 2.15. The van der Waals surface area contributed by atoms with E-state index in [0.29, 0.717) is 19.3 Å². The molecular formula is C12H21NO2. The summed E-state index contributed by atoms with van der Waals surface area (Å²) in [5.41, 5.74) is 6.64. The maximum absolute atomic E-state index is 5.65. The Balaban J connectivity index is 2.43. The molecule has 0 saturated heterocycles. The van der Waals surface area contributed by atoms with Gasteiger partial charge in [-0.2, -0.15) is 0 Å². The lowest BCUT2D eigenvalue weighted by atomic mass is 10.2. The Hall–Kier alpha value is -0.800. The first-order valence-corrected chi connectivity index (χ1v) is 5.57. The van der Waals surface area contributed by atoms with E-state index in [-0.39, 0.29) is 0 Å². The first-order valence-electron chi connectivity index (χ1n) is 5.57. The molecule has 2 N–H and O–H groups in total. The molecule has 0 aliphatic rings. The van der Waals surface area contributed by atoms with Gasteiger partial charge in [-0.25, -0.2) is 0 Å². The summed E-state index contributed by atoms with van der Waals surface area (Å²) in [6.45, 7) is 7.25. The van der Waals surface area contributed by atoms with Crippen LogP contribution >= 0.6 is 0 Å². The van der Waals surface area contributed by atoms with Gasteiger partial charge in [0.1, 0.15) is 18.1 Å². The van der Waals surface area contributed by atoms with Crippen LogP contribution in [0.2, 0.25) is 0 Å². The minimum atomic E-state index is 0.293. The average molecular weight is 211 g/mol. The number of furan rings is 1. The number of aryl methyl sites for hydroxylation is 1. The molecule has 0 fully saturated rings. The zero-order valence-corrected chi connectivity index (χ0v) is 9.88. The van der Waals surface area contributed by atoms with Gasteiger partial charge in [-0.05, 0) is 31.9 Å². The molecule has 0 bridgehead atoms. The predicted octanol–water partition coefficient (Wildman–Crippen LogP) is 2.75. The molecule has 0 aliphatic heterocycles. The number of ether oxygens (including phenoxy) is 1. The second kappa shape index (κ2) is 5.93. The monoisotopic (exact) mass is 211 g/mol. The van der Waals surface area contributed by atoms with E-state index in [0.717, 1.165) is 29.9 Å². The van der Waals surface area contributed by atoms with Crippen LogP contribution in [0, 0.1) is 6.92 Å². The third-order valence-corrected chi connectivity index (χ3v) is 2.46. The van der Waals surface area contributed by atoms with Crippen molar-refractivity contribution < 1.29 is 9.15 Å². The van der Waals surface area contributed by atoms with Gasteiger partial charge in [0.15, 0.2) is 0 Å². The van der Waals surface area contributed by atoms with Crippen molar-refractivity contribution in [2.45, 2.75) is 52.9 Å². The summed E-state index contributed by atoms with van der Waals surface area (Å²) in [7, 11) is 0. The second-order valence-corrected chi connectivity index (χ2v) is 3.93. The van der Waals surface area contributed by atoms with E-state index in [1.165, 1.54) is 0 Å². The Kier molecular flexibility index (Phi) is 4.85. The zero-order chi connectivity index (χ0) is 11.3. The van der Waals surface area contributed by atoms with Gasteiger partial charge >= 0.3 is 0 Å². The Morgan fingerprint density at radius 1 is 1.53 bits per heavy atom. The average Bonchev–Trinajstić information content (AvgIpc) is 2.56. The molecule has 1 atom stereocenters. The van der Waals surface area contributed by atoms with E-state index >= 15 is 0 Å². The molecule has 0 amide bonds. The number of hydrogen-bond acceptors (Lipinski definition) is 3. The number of rotatable bonds is 6. The van der Waals surface area contributed by atoms with E-state index < -0.39 is 0 Å². The largest absolute Gasteiger partial charge is 0.462 e. The molecule has 86 valence electrons. The van der Waals surface area contributed by atoms with Gasteiger partial charge in [0.05, 0.1) is 12.6 Å². The molecule has 1 rings (SSSR count). The quantitative estimate of drug-likeness (QED) is 0.787. The fourth-order valence-corrected chi connectivity index (χ4v) is 1.58. The van der Waals surface area contributed by atoms with Crippen molar-refractivity contribution in [1.29, 1.82) is 0 Å². The molecule has 1 heterocycles. The van der Waals surface area contributed by atoms with Crippen molar-refractivity contribution in [3.63, 3.8) is 0 Å². The number of hydrogen-bond donors (Lipinski definition) is 1. The van der Waals surface area contributed by atoms with Crippen LogP contribution in [0.15, 0.2) is 10.5 Å². The van der Waals surface area contributed by atoms with Crippen LogP contribution in [0.5, 0.6) is 0 Å². The Bertz CT molecular complexity index is 294. The third-order valence-electron chi connectivity index (χ3n) is 2.46. The molecule has 1 aromatic heterocycles. The van der Waals surface area contributed by atoms with Crippen molar-refractivity contribution in [1.82, 2.24) is 0 Å². The molecule has 3 nitrogen and oxygen atoms in total. The summed E-state index contributed by atoms with van der Waals surface area (Å²) >= 11 is 0. The van der Waals surface area contributed by atoms with E-state index in [1.807, 2.05) is 13.0 Å². The summed E-state index contributed by atoms with van der Waals surface area (Å²) < 4.78 is 11.2. The molecule has 3 heteroatoms. The maximum Gasteiger partial charge on any atom is 0.130 e. The summed E-state index contributed by atoms with van der Waals surface area (Å²) in [5.74, 6) is 1.73. The highest BCUT2D eigenvalue weighted by molar-refractivity contribution is 5.19. The minimum absolute atomic E-state index is 0.293. The van der Waals surface area contributed by atoms with Crippen molar-refractivity contribution in [2.24, 2.45) is 5.73 Å². The van der Waals surface area contributed by atoms with Gasteiger partial charge in [-0.1, -0.05) is 13.3 Å². The predicted molar refractivity (Wildman–Crippen MR) is 60.5 cm³/mol. The topological polar surface area (TPSA) is 48.4 Å². The van der Waals surface area contributed by atoms with Crippen molar-refractivity contribution in [3.8, 4) is 0 Å². The van der Waals surface area contributed by atoms with Gasteiger partial charge < -0.3 is 14.9 Å². The van der Waals surface area contributed by atoms with Crippen molar-refractivity contribution in [2.75, 3.05) is 0 Å². The minimum Gasteiger partial charge on any atom is -0.462 e. The van der Waals surface area contributed by atoms with Gasteiger partial charge in [0.2, 0.25) is 0 Å². The van der Waals surface area contributed by atoms with Crippen LogP contribution < -0.4 is 5.73 Å². The molecule has 0 saturated carbocycles. The van der Waals surface area contributed by atoms with Crippen LogP contribution in [0.25, 0.3) is 0 Å². The first kappa shape index (κ1) is 12.3. The molecule has 0 spiro atoms. The van der Waals surface area contributed by atoms with Crippen LogP contribution in [0.1, 0.15) is 43.8 Å². The maximum atomic E-state index is 5.65. The van der Waals surface area contributed by atoms with Crippen molar-refractivity contribution in [3.05, 3.63) is 23.2 Å². The van der Waals surface area contributed by atoms with E-state index in [2.05, 4.69) is 13.8 Å². The van der Waals surface area contributed by atoms with Gasteiger partial charge in [-0.3, -0.25) is 0 Å². The van der Waals surface area contributed by atoms with Crippen molar-refractivity contribution >= 4 is 0 Å². The molecule has 1 unspecified atom stereocenters. The molecular weight excluding hydrogens is 190 g/mol. The lowest BCUT2D eigenvalue weighted by Crippen LogP contribution is -2.06. The molecule has 1 aromatic rings. The van der Waals surface area contributed by atoms with Crippen LogP contribution in [-0.2, 0) is 17.9 Å². The van der Waals surface area contributed by atoms with E-state index in [1.54, 1.807) is 0 Å². The number of nitrogens with two attached hydrogens (primary N) is 1. The van der Waals surface area contributed by atoms with Gasteiger partial charge in [-0.15, -0.1) is 0 Å².